The first-order valence-corrected chi connectivity index (χ1v) is 17.2. The number of hydrogen-bond acceptors (Lipinski definition) is 5. The average molecular weight is 653 g/mol. The normalized spacial score (nSPS) is 12.1. The van der Waals surface area contributed by atoms with E-state index >= 15 is 0 Å². The van der Waals surface area contributed by atoms with Gasteiger partial charge in [0, 0.05) is 45.6 Å². The third kappa shape index (κ3) is 4.65. The molecule has 9 rings (SSSR count). The number of fused-ring (bicyclic) bond motifs is 9. The molecule has 5 heterocycles. The molecule has 0 saturated carbocycles. The fraction of sp³-hybridized carbons (Fsp3) is 0.163. The Kier molecular flexibility index (Phi) is 6.91. The zero-order valence-corrected chi connectivity index (χ0v) is 28.7. The molecular formula is C43H36N6O. The molecule has 4 aromatic carbocycles. The number of nitrogens with zero attached hydrogens (tertiary/aromatic N) is 6. The van der Waals surface area contributed by atoms with Gasteiger partial charge in [-0.2, -0.15) is 0 Å². The number of aryl methyl sites for hydroxylation is 1. The summed E-state index contributed by atoms with van der Waals surface area (Å²) in [6, 6.07) is 33.8. The molecule has 9 aromatic rings. The van der Waals surface area contributed by atoms with Gasteiger partial charge in [-0.05, 0) is 95.9 Å². The molecule has 0 spiro atoms. The van der Waals surface area contributed by atoms with Gasteiger partial charge in [-0.1, -0.05) is 63.6 Å². The molecule has 7 heteroatoms. The summed E-state index contributed by atoms with van der Waals surface area (Å²) in [6.07, 6.45) is 5.53. The van der Waals surface area contributed by atoms with Crippen molar-refractivity contribution in [1.29, 1.82) is 0 Å². The molecule has 0 aliphatic rings. The van der Waals surface area contributed by atoms with Crippen LogP contribution in [0.5, 0.6) is 11.5 Å². The number of rotatable bonds is 6. The van der Waals surface area contributed by atoms with E-state index in [-0.39, 0.29) is 0 Å². The van der Waals surface area contributed by atoms with Crippen LogP contribution in [0.3, 0.4) is 0 Å². The van der Waals surface area contributed by atoms with Gasteiger partial charge in [0.05, 0.1) is 22.7 Å². The topological polar surface area (TPSA) is 70.1 Å². The van der Waals surface area contributed by atoms with Crippen molar-refractivity contribution < 1.29 is 4.74 Å². The standard InChI is InChI=1S/C43H36N6O/c1-25(2)30-9-8-10-31(26(3)4)41(30)43-47-46-42-36-22-28(13-15-32(36)35-21-27(5)12-17-37(35)49(42)43)50-29-14-16-33-34-18-20-44-24-39(34)48(38(33)23-29)40-11-6-7-19-45-40/h6-26H,1-5H3. The van der Waals surface area contributed by atoms with Crippen LogP contribution in [-0.4, -0.2) is 29.1 Å². The predicted molar refractivity (Wildman–Crippen MR) is 203 cm³/mol. The van der Waals surface area contributed by atoms with Gasteiger partial charge in [-0.15, -0.1) is 10.2 Å². The van der Waals surface area contributed by atoms with Crippen LogP contribution in [0.25, 0.3) is 66.3 Å². The second-order valence-electron chi connectivity index (χ2n) is 13.7. The molecule has 0 bridgehead atoms. The molecule has 0 radical (unpaired) electrons. The largest absolute Gasteiger partial charge is 0.457 e. The monoisotopic (exact) mass is 652 g/mol. The summed E-state index contributed by atoms with van der Waals surface area (Å²) in [7, 11) is 0. The lowest BCUT2D eigenvalue weighted by molar-refractivity contribution is 0.484. The molecule has 0 N–H and O–H groups in total. The van der Waals surface area contributed by atoms with E-state index in [0.717, 1.165) is 72.3 Å². The lowest BCUT2D eigenvalue weighted by Crippen LogP contribution is -2.03. The molecular weight excluding hydrogens is 617 g/mol. The summed E-state index contributed by atoms with van der Waals surface area (Å²) in [4.78, 5) is 9.08. The zero-order chi connectivity index (χ0) is 34.1. The maximum atomic E-state index is 6.65. The minimum absolute atomic E-state index is 0.329. The Morgan fingerprint density at radius 2 is 1.36 bits per heavy atom. The number of ether oxygens (including phenoxy) is 1. The zero-order valence-electron chi connectivity index (χ0n) is 28.7. The lowest BCUT2D eigenvalue weighted by Gasteiger charge is -2.19. The Morgan fingerprint density at radius 1 is 0.600 bits per heavy atom. The van der Waals surface area contributed by atoms with Gasteiger partial charge >= 0.3 is 0 Å². The van der Waals surface area contributed by atoms with E-state index in [2.05, 4.69) is 120 Å². The molecule has 0 atom stereocenters. The van der Waals surface area contributed by atoms with Crippen molar-refractivity contribution in [2.24, 2.45) is 0 Å². The van der Waals surface area contributed by atoms with Crippen molar-refractivity contribution in [3.8, 4) is 28.7 Å². The quantitative estimate of drug-likeness (QED) is 0.167. The summed E-state index contributed by atoms with van der Waals surface area (Å²) in [5, 5.41) is 15.3. The minimum Gasteiger partial charge on any atom is -0.457 e. The smallest absolute Gasteiger partial charge is 0.169 e. The summed E-state index contributed by atoms with van der Waals surface area (Å²) >= 11 is 0. The Bertz CT molecular complexity index is 2730. The van der Waals surface area contributed by atoms with Gasteiger partial charge in [0.2, 0.25) is 0 Å². The first-order chi connectivity index (χ1) is 24.4. The van der Waals surface area contributed by atoms with Crippen molar-refractivity contribution in [2.75, 3.05) is 0 Å². The highest BCUT2D eigenvalue weighted by atomic mass is 16.5. The van der Waals surface area contributed by atoms with Crippen LogP contribution in [0, 0.1) is 6.92 Å². The van der Waals surface area contributed by atoms with Gasteiger partial charge in [-0.3, -0.25) is 14.0 Å². The summed E-state index contributed by atoms with van der Waals surface area (Å²) in [5.41, 5.74) is 8.81. The maximum absolute atomic E-state index is 6.65. The summed E-state index contributed by atoms with van der Waals surface area (Å²) in [5.74, 6) is 3.81. The molecule has 7 nitrogen and oxygen atoms in total. The van der Waals surface area contributed by atoms with E-state index in [1.165, 1.54) is 22.3 Å². The number of benzene rings is 4. The minimum atomic E-state index is 0.329. The molecule has 0 aliphatic heterocycles. The predicted octanol–water partition coefficient (Wildman–Crippen LogP) is 10.9. The maximum Gasteiger partial charge on any atom is 0.169 e. The van der Waals surface area contributed by atoms with Gasteiger partial charge in [-0.25, -0.2) is 4.98 Å². The molecule has 5 aromatic heterocycles. The number of hydrogen-bond donors (Lipinski definition) is 0. The Balaban J connectivity index is 1.24. The van der Waals surface area contributed by atoms with Crippen molar-refractivity contribution in [3.05, 3.63) is 132 Å². The molecule has 0 unspecified atom stereocenters. The van der Waals surface area contributed by atoms with Crippen molar-refractivity contribution in [2.45, 2.75) is 46.5 Å². The summed E-state index contributed by atoms with van der Waals surface area (Å²) in [6.45, 7) is 11.1. The third-order valence-electron chi connectivity index (χ3n) is 9.83. The Morgan fingerprint density at radius 3 is 2.12 bits per heavy atom. The number of pyridine rings is 3. The molecule has 50 heavy (non-hydrogen) atoms. The van der Waals surface area contributed by atoms with Gasteiger partial charge < -0.3 is 4.74 Å². The van der Waals surface area contributed by atoms with Crippen LogP contribution >= 0.6 is 0 Å². The van der Waals surface area contributed by atoms with Crippen LogP contribution in [0.2, 0.25) is 0 Å². The lowest BCUT2D eigenvalue weighted by atomic mass is 9.88. The van der Waals surface area contributed by atoms with Crippen LogP contribution in [0.1, 0.15) is 56.2 Å². The van der Waals surface area contributed by atoms with Gasteiger partial charge in [0.25, 0.3) is 0 Å². The van der Waals surface area contributed by atoms with Crippen LogP contribution < -0.4 is 4.74 Å². The molecule has 0 aliphatic carbocycles. The van der Waals surface area contributed by atoms with E-state index in [9.17, 15) is 0 Å². The third-order valence-corrected chi connectivity index (χ3v) is 9.83. The molecule has 0 amide bonds. The van der Waals surface area contributed by atoms with Crippen molar-refractivity contribution in [3.63, 3.8) is 0 Å². The fourth-order valence-corrected chi connectivity index (χ4v) is 7.50. The van der Waals surface area contributed by atoms with Crippen LogP contribution in [0.4, 0.5) is 0 Å². The van der Waals surface area contributed by atoms with Crippen LogP contribution in [0.15, 0.2) is 116 Å². The van der Waals surface area contributed by atoms with E-state index in [0.29, 0.717) is 11.8 Å². The number of aromatic nitrogens is 6. The average Bonchev–Trinajstić information content (AvgIpc) is 3.71. The SMILES string of the molecule is Cc1ccc2c(c1)c1ccc(Oc3ccc4c5ccncc5n(-c5ccccn5)c4c3)cc1c1nnc(-c3c(C(C)C)cccc3C(C)C)n21. The van der Waals surface area contributed by atoms with Gasteiger partial charge in [0.1, 0.15) is 17.3 Å². The van der Waals surface area contributed by atoms with E-state index < -0.39 is 0 Å². The first kappa shape index (κ1) is 30.0. The van der Waals surface area contributed by atoms with E-state index in [1.54, 1.807) is 0 Å². The fourth-order valence-electron chi connectivity index (χ4n) is 7.50. The van der Waals surface area contributed by atoms with Crippen molar-refractivity contribution >= 4 is 49.1 Å². The second kappa shape index (κ2) is 11.5. The first-order valence-electron chi connectivity index (χ1n) is 17.2. The second-order valence-corrected chi connectivity index (χ2v) is 13.7. The van der Waals surface area contributed by atoms with Crippen molar-refractivity contribution in [1.82, 2.24) is 29.1 Å². The highest BCUT2D eigenvalue weighted by Crippen LogP contribution is 2.40. The highest BCUT2D eigenvalue weighted by molar-refractivity contribution is 6.13. The van der Waals surface area contributed by atoms with Gasteiger partial charge in [0.15, 0.2) is 11.5 Å². The Labute approximate surface area is 289 Å². The van der Waals surface area contributed by atoms with E-state index in [4.69, 9.17) is 14.9 Å². The highest BCUT2D eigenvalue weighted by Gasteiger charge is 2.23. The molecule has 0 fully saturated rings. The van der Waals surface area contributed by atoms with Crippen LogP contribution in [-0.2, 0) is 0 Å². The summed E-state index contributed by atoms with van der Waals surface area (Å²) < 4.78 is 11.0. The Hall–Kier alpha value is -6.08. The molecule has 244 valence electrons. The van der Waals surface area contributed by atoms with E-state index in [1.807, 2.05) is 48.9 Å². The molecule has 0 saturated heterocycles.